The highest BCUT2D eigenvalue weighted by atomic mass is 32.3. The van der Waals surface area contributed by atoms with Crippen molar-refractivity contribution in [3.05, 3.63) is 59.7 Å². The molecule has 0 bridgehead atoms. The van der Waals surface area contributed by atoms with E-state index in [0.717, 1.165) is 24.3 Å². The van der Waals surface area contributed by atoms with Crippen LogP contribution in [0.5, 0.6) is 23.0 Å². The Morgan fingerprint density at radius 1 is 0.905 bits per heavy atom. The van der Waals surface area contributed by atoms with Crippen molar-refractivity contribution in [2.45, 2.75) is 37.3 Å². The summed E-state index contributed by atoms with van der Waals surface area (Å²) >= 11 is 0. The second-order valence-corrected chi connectivity index (χ2v) is 10.2. The van der Waals surface area contributed by atoms with E-state index >= 15 is 0 Å². The number of hydrogen-bond acceptors (Lipinski definition) is 14. The third-order valence-corrected chi connectivity index (χ3v) is 6.58. The predicted molar refractivity (Wildman–Crippen MR) is 140 cm³/mol. The zero-order valence-corrected chi connectivity index (χ0v) is 22.7. The number of benzene rings is 2. The van der Waals surface area contributed by atoms with E-state index in [-0.39, 0.29) is 17.1 Å². The highest BCUT2D eigenvalue weighted by Crippen LogP contribution is 2.35. The monoisotopic (exact) mass is 606 g/mol. The van der Waals surface area contributed by atoms with Crippen LogP contribution in [0, 0.1) is 5.92 Å². The summed E-state index contributed by atoms with van der Waals surface area (Å²) in [5.41, 5.74) is 0.659. The second-order valence-electron chi connectivity index (χ2n) is 9.19. The summed E-state index contributed by atoms with van der Waals surface area (Å²) in [5, 5.41) is 51.0. The van der Waals surface area contributed by atoms with E-state index < -0.39 is 82.6 Å². The summed E-state index contributed by atoms with van der Waals surface area (Å²) in [6.45, 7) is 0. The van der Waals surface area contributed by atoms with Crippen molar-refractivity contribution in [2.75, 3.05) is 7.11 Å². The SMILES string of the molecule is COc1cc(C=CC(=O)CC(=O)C=Cc2ccc(OC3CC(C(=O)[O-])C(O)C(O)C3O)c(OS(=O)(=O)[O-])c2)ccc1O. The Labute approximate surface area is 239 Å². The van der Waals surface area contributed by atoms with E-state index in [9.17, 15) is 52.9 Å². The van der Waals surface area contributed by atoms with Gasteiger partial charge in [-0.3, -0.25) is 9.59 Å². The molecule has 226 valence electrons. The van der Waals surface area contributed by atoms with Crippen molar-refractivity contribution in [3.8, 4) is 23.0 Å². The normalized spacial score (nSPS) is 22.6. The van der Waals surface area contributed by atoms with Crippen LogP contribution < -0.4 is 18.8 Å². The van der Waals surface area contributed by atoms with Gasteiger partial charge in [-0.1, -0.05) is 24.3 Å². The topological polar surface area (TPSA) is 240 Å². The van der Waals surface area contributed by atoms with Crippen LogP contribution in [0.4, 0.5) is 0 Å². The highest BCUT2D eigenvalue weighted by Gasteiger charge is 2.44. The van der Waals surface area contributed by atoms with Crippen molar-refractivity contribution < 1.29 is 66.5 Å². The molecule has 2 aromatic carbocycles. The molecule has 5 unspecified atom stereocenters. The zero-order chi connectivity index (χ0) is 31.2. The molecule has 3 rings (SSSR count). The quantitative estimate of drug-likeness (QED) is 0.0990. The van der Waals surface area contributed by atoms with Crippen molar-refractivity contribution in [3.63, 3.8) is 0 Å². The number of carboxylic acid groups (broad SMARTS) is 1. The molecule has 0 amide bonds. The number of allylic oxidation sites excluding steroid dienone is 2. The minimum atomic E-state index is -5.35. The van der Waals surface area contributed by atoms with Crippen LogP contribution in [0.15, 0.2) is 48.6 Å². The van der Waals surface area contributed by atoms with Crippen molar-refractivity contribution >= 4 is 40.1 Å². The number of phenols is 1. The number of rotatable bonds is 12. The van der Waals surface area contributed by atoms with Gasteiger partial charge in [0.15, 0.2) is 34.6 Å². The molecule has 0 aliphatic heterocycles. The molecule has 1 fully saturated rings. The average molecular weight is 607 g/mol. The van der Waals surface area contributed by atoms with Crippen LogP contribution in [0.1, 0.15) is 24.0 Å². The third kappa shape index (κ3) is 8.61. The van der Waals surface area contributed by atoms with Crippen LogP contribution in [-0.4, -0.2) is 82.5 Å². The van der Waals surface area contributed by atoms with Crippen molar-refractivity contribution in [1.29, 1.82) is 0 Å². The Hall–Kier alpha value is -4.28. The number of ketones is 2. The van der Waals surface area contributed by atoms with Gasteiger partial charge < -0.3 is 48.5 Å². The largest absolute Gasteiger partial charge is 0.716 e. The van der Waals surface area contributed by atoms with E-state index in [4.69, 9.17) is 9.47 Å². The van der Waals surface area contributed by atoms with E-state index in [1.807, 2.05) is 0 Å². The van der Waals surface area contributed by atoms with Gasteiger partial charge in [0, 0.05) is 11.9 Å². The first-order valence-electron chi connectivity index (χ1n) is 12.2. The number of aliphatic hydroxyl groups is 3. The molecule has 0 spiro atoms. The smallest absolute Gasteiger partial charge is 0.262 e. The molecule has 0 heterocycles. The van der Waals surface area contributed by atoms with Gasteiger partial charge in [-0.25, -0.2) is 8.42 Å². The fourth-order valence-electron chi connectivity index (χ4n) is 4.07. The predicted octanol–water partition coefficient (Wildman–Crippen LogP) is -0.905. The van der Waals surface area contributed by atoms with Crippen LogP contribution >= 0.6 is 0 Å². The maximum absolute atomic E-state index is 12.3. The molecule has 0 saturated heterocycles. The molecule has 1 saturated carbocycles. The maximum atomic E-state index is 12.3. The number of aliphatic carboxylic acids is 1. The van der Waals surface area contributed by atoms with Crippen LogP contribution in [0.3, 0.4) is 0 Å². The summed E-state index contributed by atoms with van der Waals surface area (Å²) in [6, 6.07) is 7.77. The van der Waals surface area contributed by atoms with E-state index in [1.54, 1.807) is 0 Å². The average Bonchev–Trinajstić information content (AvgIpc) is 2.91. The Balaban J connectivity index is 1.73. The van der Waals surface area contributed by atoms with E-state index in [1.165, 1.54) is 43.5 Å². The number of aliphatic hydroxyl groups excluding tert-OH is 3. The summed E-state index contributed by atoms with van der Waals surface area (Å²) in [5.74, 6) is -5.53. The first kappa shape index (κ1) is 32.2. The van der Waals surface area contributed by atoms with Gasteiger partial charge in [0.25, 0.3) is 10.4 Å². The highest BCUT2D eigenvalue weighted by molar-refractivity contribution is 7.81. The zero-order valence-electron chi connectivity index (χ0n) is 21.9. The Kier molecular flexibility index (Phi) is 10.4. The molecule has 14 nitrogen and oxygen atoms in total. The lowest BCUT2D eigenvalue weighted by atomic mass is 9.81. The number of hydrogen-bond donors (Lipinski definition) is 4. The number of carbonyl (C=O) groups is 3. The maximum Gasteiger partial charge on any atom is 0.262 e. The molecule has 1 aliphatic rings. The minimum Gasteiger partial charge on any atom is -0.716 e. The third-order valence-electron chi connectivity index (χ3n) is 6.20. The summed E-state index contributed by atoms with van der Waals surface area (Å²) < 4.78 is 48.7. The molecule has 0 aromatic heterocycles. The molecule has 2 aromatic rings. The molecular weight excluding hydrogens is 580 g/mol. The lowest BCUT2D eigenvalue weighted by molar-refractivity contribution is -0.319. The van der Waals surface area contributed by atoms with E-state index in [0.29, 0.717) is 5.56 Å². The molecule has 5 atom stereocenters. The van der Waals surface area contributed by atoms with Gasteiger partial charge in [-0.05, 0) is 54.0 Å². The number of carboxylic acids is 1. The lowest BCUT2D eigenvalue weighted by Gasteiger charge is -2.40. The molecule has 15 heteroatoms. The van der Waals surface area contributed by atoms with Crippen LogP contribution in [0.2, 0.25) is 0 Å². The molecule has 42 heavy (non-hydrogen) atoms. The van der Waals surface area contributed by atoms with Crippen LogP contribution in [-0.2, 0) is 24.8 Å². The van der Waals surface area contributed by atoms with Gasteiger partial charge in [0.1, 0.15) is 18.3 Å². The number of carbonyl (C=O) groups excluding carboxylic acids is 3. The number of aromatic hydroxyl groups is 1. The van der Waals surface area contributed by atoms with Gasteiger partial charge in [-0.15, -0.1) is 0 Å². The Morgan fingerprint density at radius 2 is 1.48 bits per heavy atom. The van der Waals surface area contributed by atoms with Gasteiger partial charge in [0.2, 0.25) is 0 Å². The van der Waals surface area contributed by atoms with Crippen molar-refractivity contribution in [2.24, 2.45) is 5.92 Å². The van der Waals surface area contributed by atoms with Gasteiger partial charge in [0.05, 0.1) is 19.6 Å². The molecule has 1 aliphatic carbocycles. The number of phenolic OH excluding ortho intramolecular Hbond substituents is 1. The summed E-state index contributed by atoms with van der Waals surface area (Å²) in [7, 11) is -3.99. The first-order valence-corrected chi connectivity index (χ1v) is 13.5. The molecule has 0 radical (unpaired) electrons. The van der Waals surface area contributed by atoms with Crippen molar-refractivity contribution in [1.82, 2.24) is 0 Å². The fraction of sp³-hybridized carbons (Fsp3) is 0.296. The molecular formula is C27H26O14S-2. The van der Waals surface area contributed by atoms with Crippen LogP contribution in [0.25, 0.3) is 12.2 Å². The second kappa shape index (κ2) is 13.6. The summed E-state index contributed by atoms with van der Waals surface area (Å²) in [4.78, 5) is 35.8. The molecule has 4 N–H and O–H groups in total. The van der Waals surface area contributed by atoms with Gasteiger partial charge >= 0.3 is 0 Å². The standard InChI is InChI=1S/C27H28O14S/c1-39-21-10-14(4-8-19(21)30)2-6-16(28)12-17(29)7-3-15-5-9-20(22(11-15)41-42(36,37)38)40-23-13-18(27(34)35)24(31)26(33)25(23)32/h2-11,18,23-26,30-33H,12-13H2,1H3,(H,34,35)(H,36,37,38)/p-2. The minimum absolute atomic E-state index is 0.0862. The Bertz CT molecular complexity index is 1500. The Morgan fingerprint density at radius 3 is 2.02 bits per heavy atom. The van der Waals surface area contributed by atoms with E-state index in [2.05, 4.69) is 4.18 Å². The lowest BCUT2D eigenvalue weighted by Crippen LogP contribution is -2.59. The summed E-state index contributed by atoms with van der Waals surface area (Å²) in [6.07, 6.45) is -3.33. The fourth-order valence-corrected chi connectivity index (χ4v) is 4.42. The number of methoxy groups -OCH3 is 1. The first-order chi connectivity index (χ1) is 19.7. The number of ether oxygens (including phenoxy) is 2. The van der Waals surface area contributed by atoms with Gasteiger partial charge in [-0.2, -0.15) is 0 Å².